The van der Waals surface area contributed by atoms with Crippen LogP contribution in [0.1, 0.15) is 58.3 Å². The van der Waals surface area contributed by atoms with Crippen LogP contribution < -0.4 is 5.32 Å². The predicted octanol–water partition coefficient (Wildman–Crippen LogP) is 2.01. The highest BCUT2D eigenvalue weighted by atomic mass is 16.4. The Morgan fingerprint density at radius 1 is 1.10 bits per heavy atom. The van der Waals surface area contributed by atoms with Crippen LogP contribution in [0.15, 0.2) is 0 Å². The quantitative estimate of drug-likeness (QED) is 0.779. The lowest BCUT2D eigenvalue weighted by atomic mass is 9.91. The Bertz CT molecular complexity index is 365. The molecule has 0 aromatic carbocycles. The molecular formula is C16H28N2O3. The fraction of sp³-hybridized carbons (Fsp3) is 0.875. The van der Waals surface area contributed by atoms with E-state index >= 15 is 0 Å². The monoisotopic (exact) mass is 296 g/mol. The van der Waals surface area contributed by atoms with Gasteiger partial charge in [-0.05, 0) is 38.1 Å². The Labute approximate surface area is 127 Å². The second-order valence-electron chi connectivity index (χ2n) is 6.63. The molecule has 0 radical (unpaired) electrons. The number of hydrogen-bond donors (Lipinski definition) is 2. The van der Waals surface area contributed by atoms with E-state index in [-0.39, 0.29) is 24.4 Å². The van der Waals surface area contributed by atoms with Crippen molar-refractivity contribution in [3.63, 3.8) is 0 Å². The molecule has 1 saturated heterocycles. The van der Waals surface area contributed by atoms with Crippen LogP contribution in [-0.4, -0.2) is 47.1 Å². The lowest BCUT2D eigenvalue weighted by Gasteiger charge is -2.37. The summed E-state index contributed by atoms with van der Waals surface area (Å²) in [6.45, 7) is 2.89. The largest absolute Gasteiger partial charge is 0.480 e. The zero-order valence-corrected chi connectivity index (χ0v) is 13.0. The molecule has 0 aromatic rings. The Morgan fingerprint density at radius 3 is 2.38 bits per heavy atom. The van der Waals surface area contributed by atoms with Crippen LogP contribution in [0.3, 0.4) is 0 Å². The van der Waals surface area contributed by atoms with Crippen molar-refractivity contribution < 1.29 is 14.7 Å². The first kappa shape index (κ1) is 16.3. The van der Waals surface area contributed by atoms with Crippen molar-refractivity contribution in [2.45, 2.75) is 70.4 Å². The highest BCUT2D eigenvalue weighted by Crippen LogP contribution is 2.23. The molecule has 5 heteroatoms. The van der Waals surface area contributed by atoms with Crippen molar-refractivity contribution in [1.82, 2.24) is 10.2 Å². The van der Waals surface area contributed by atoms with Crippen LogP contribution in [0.4, 0.5) is 0 Å². The molecule has 2 N–H and O–H groups in total. The fourth-order valence-electron chi connectivity index (χ4n) is 3.73. The molecule has 1 heterocycles. The molecule has 0 spiro atoms. The molecule has 0 bridgehead atoms. The number of aliphatic carboxylic acids is 1. The molecule has 21 heavy (non-hydrogen) atoms. The summed E-state index contributed by atoms with van der Waals surface area (Å²) in [6.07, 6.45) is 8.91. The molecule has 0 aromatic heterocycles. The Morgan fingerprint density at radius 2 is 1.76 bits per heavy atom. The molecular weight excluding hydrogens is 268 g/mol. The molecule has 2 fully saturated rings. The molecule has 1 aliphatic heterocycles. The van der Waals surface area contributed by atoms with Crippen LogP contribution in [0.5, 0.6) is 0 Å². The average Bonchev–Trinajstić information content (AvgIpc) is 2.66. The summed E-state index contributed by atoms with van der Waals surface area (Å²) in [7, 11) is 0. The van der Waals surface area contributed by atoms with Gasteiger partial charge in [0.1, 0.15) is 6.04 Å². The van der Waals surface area contributed by atoms with Gasteiger partial charge in [-0.1, -0.05) is 32.6 Å². The molecule has 2 aliphatic rings. The number of hydrogen-bond acceptors (Lipinski definition) is 3. The molecule has 5 nitrogen and oxygen atoms in total. The summed E-state index contributed by atoms with van der Waals surface area (Å²) >= 11 is 0. The van der Waals surface area contributed by atoms with Gasteiger partial charge in [-0.2, -0.15) is 0 Å². The summed E-state index contributed by atoms with van der Waals surface area (Å²) in [5.74, 6) is -0.700. The van der Waals surface area contributed by atoms with E-state index in [2.05, 4.69) is 5.32 Å². The number of carboxylic acids is 1. The zero-order valence-electron chi connectivity index (χ0n) is 13.0. The Balaban J connectivity index is 1.86. The minimum absolute atomic E-state index is 0.0118. The summed E-state index contributed by atoms with van der Waals surface area (Å²) < 4.78 is 0. The van der Waals surface area contributed by atoms with Crippen LogP contribution in [0.2, 0.25) is 0 Å². The van der Waals surface area contributed by atoms with Gasteiger partial charge >= 0.3 is 5.97 Å². The number of carbonyl (C=O) groups excluding carboxylic acids is 1. The van der Waals surface area contributed by atoms with Gasteiger partial charge < -0.3 is 10.4 Å². The lowest BCUT2D eigenvalue weighted by molar-refractivity contribution is -0.147. The molecule has 1 saturated carbocycles. The maximum atomic E-state index is 12.2. The minimum atomic E-state index is -0.801. The molecule has 1 amide bonds. The summed E-state index contributed by atoms with van der Waals surface area (Å²) in [6, 6.07) is -0.232. The van der Waals surface area contributed by atoms with E-state index < -0.39 is 12.0 Å². The average molecular weight is 296 g/mol. The van der Waals surface area contributed by atoms with Crippen LogP contribution in [0.25, 0.3) is 0 Å². The van der Waals surface area contributed by atoms with Gasteiger partial charge in [0.25, 0.3) is 0 Å². The molecule has 2 atom stereocenters. The molecule has 2 rings (SSSR count). The van der Waals surface area contributed by atoms with E-state index in [4.69, 9.17) is 0 Å². The van der Waals surface area contributed by atoms with Gasteiger partial charge in [-0.3, -0.25) is 14.5 Å². The predicted molar refractivity (Wildman–Crippen MR) is 81.0 cm³/mol. The third kappa shape index (κ3) is 4.70. The number of nitrogens with zero attached hydrogens (tertiary/aromatic N) is 1. The van der Waals surface area contributed by atoms with Crippen molar-refractivity contribution >= 4 is 11.9 Å². The van der Waals surface area contributed by atoms with Crippen LogP contribution in [-0.2, 0) is 9.59 Å². The highest BCUT2D eigenvalue weighted by Gasteiger charge is 2.35. The van der Waals surface area contributed by atoms with Gasteiger partial charge in [0.05, 0.1) is 6.54 Å². The lowest BCUT2D eigenvalue weighted by Crippen LogP contribution is -2.53. The normalized spacial score (nSPS) is 28.8. The summed E-state index contributed by atoms with van der Waals surface area (Å²) in [4.78, 5) is 25.5. The fourth-order valence-corrected chi connectivity index (χ4v) is 3.73. The first-order chi connectivity index (χ1) is 10.1. The maximum absolute atomic E-state index is 12.2. The van der Waals surface area contributed by atoms with E-state index in [9.17, 15) is 14.7 Å². The van der Waals surface area contributed by atoms with Gasteiger partial charge in [0, 0.05) is 6.04 Å². The second kappa shape index (κ2) is 7.78. The maximum Gasteiger partial charge on any atom is 0.321 e. The van der Waals surface area contributed by atoms with E-state index in [1.807, 2.05) is 11.8 Å². The van der Waals surface area contributed by atoms with Crippen molar-refractivity contribution in [3.8, 4) is 0 Å². The number of likely N-dealkylation sites (tertiary alicyclic amines) is 1. The first-order valence-corrected chi connectivity index (χ1v) is 8.34. The number of piperidine rings is 1. The van der Waals surface area contributed by atoms with Gasteiger partial charge in [0.2, 0.25) is 5.91 Å². The topological polar surface area (TPSA) is 69.6 Å². The van der Waals surface area contributed by atoms with E-state index in [0.29, 0.717) is 6.54 Å². The van der Waals surface area contributed by atoms with E-state index in [0.717, 1.165) is 25.7 Å². The van der Waals surface area contributed by atoms with Crippen LogP contribution >= 0.6 is 0 Å². The van der Waals surface area contributed by atoms with Gasteiger partial charge in [-0.15, -0.1) is 0 Å². The SMILES string of the molecule is CC1CCCN(CC(=O)NC2CCCCCC2)C1C(=O)O. The number of carboxylic acid groups (broad SMARTS) is 1. The van der Waals surface area contributed by atoms with Crippen LogP contribution in [0, 0.1) is 5.92 Å². The smallest absolute Gasteiger partial charge is 0.321 e. The van der Waals surface area contributed by atoms with Gasteiger partial charge in [0.15, 0.2) is 0 Å². The Hall–Kier alpha value is -1.10. The van der Waals surface area contributed by atoms with Crippen molar-refractivity contribution in [2.24, 2.45) is 5.92 Å². The molecule has 1 aliphatic carbocycles. The molecule has 2 unspecified atom stereocenters. The first-order valence-electron chi connectivity index (χ1n) is 8.34. The second-order valence-corrected chi connectivity index (χ2v) is 6.63. The third-order valence-corrected chi connectivity index (χ3v) is 4.86. The van der Waals surface area contributed by atoms with Gasteiger partial charge in [-0.25, -0.2) is 0 Å². The molecule has 120 valence electrons. The zero-order chi connectivity index (χ0) is 15.2. The Kier molecular flexibility index (Phi) is 6.03. The number of amides is 1. The summed E-state index contributed by atoms with van der Waals surface area (Å²) in [5, 5.41) is 12.5. The number of carbonyl (C=O) groups is 2. The summed E-state index contributed by atoms with van der Waals surface area (Å²) in [5.41, 5.74) is 0. The van der Waals surface area contributed by atoms with Crippen molar-refractivity contribution in [1.29, 1.82) is 0 Å². The third-order valence-electron chi connectivity index (χ3n) is 4.86. The highest BCUT2D eigenvalue weighted by molar-refractivity contribution is 5.80. The standard InChI is InChI=1S/C16H28N2O3/c1-12-7-6-10-18(15(12)16(20)21)11-14(19)17-13-8-4-2-3-5-9-13/h12-13,15H,2-11H2,1H3,(H,17,19)(H,20,21). The van der Waals surface area contributed by atoms with E-state index in [1.165, 1.54) is 25.7 Å². The number of nitrogens with one attached hydrogen (secondary N) is 1. The van der Waals surface area contributed by atoms with Crippen molar-refractivity contribution in [3.05, 3.63) is 0 Å². The van der Waals surface area contributed by atoms with Crippen molar-refractivity contribution in [2.75, 3.05) is 13.1 Å². The van der Waals surface area contributed by atoms with E-state index in [1.54, 1.807) is 0 Å². The minimum Gasteiger partial charge on any atom is -0.480 e. The number of rotatable bonds is 4.